The molecule has 0 fully saturated rings. The first kappa shape index (κ1) is 29.1. The van der Waals surface area contributed by atoms with Crippen molar-refractivity contribution >= 4 is 50.5 Å². The topological polar surface area (TPSA) is 78.9 Å². The van der Waals surface area contributed by atoms with Gasteiger partial charge in [-0.1, -0.05) is 72.3 Å². The molecule has 0 saturated carbocycles. The zero-order valence-electron chi connectivity index (χ0n) is 24.9. The molecule has 2 aromatic heterocycles. The van der Waals surface area contributed by atoms with E-state index in [9.17, 15) is 4.79 Å². The second-order valence-corrected chi connectivity index (χ2v) is 11.2. The van der Waals surface area contributed by atoms with Gasteiger partial charge in [-0.15, -0.1) is 6.58 Å². The Balaban J connectivity index is 1.29. The summed E-state index contributed by atoms with van der Waals surface area (Å²) in [6.07, 6.45) is 3.95. The maximum atomic E-state index is 13.8. The zero-order chi connectivity index (χ0) is 31.6. The van der Waals surface area contributed by atoms with E-state index < -0.39 is 0 Å². The van der Waals surface area contributed by atoms with Gasteiger partial charge in [0, 0.05) is 16.0 Å². The number of hydrogen-bond acceptors (Lipinski definition) is 6. The first-order valence-corrected chi connectivity index (χ1v) is 15.1. The molecule has 0 N–H and O–H groups in total. The number of para-hydroxylation sites is 1. The summed E-state index contributed by atoms with van der Waals surface area (Å²) in [7, 11) is 1.60. The Hall–Kier alpha value is -5.66. The summed E-state index contributed by atoms with van der Waals surface area (Å²) >= 11 is 6.21. The fourth-order valence-corrected chi connectivity index (χ4v) is 5.77. The molecule has 7 nitrogen and oxygen atoms in total. The van der Waals surface area contributed by atoms with Crippen LogP contribution in [0.25, 0.3) is 44.2 Å². The molecule has 5 aromatic carbocycles. The van der Waals surface area contributed by atoms with Crippen LogP contribution in [0, 0.1) is 0 Å². The lowest BCUT2D eigenvalue weighted by Crippen LogP contribution is -2.20. The van der Waals surface area contributed by atoms with Crippen molar-refractivity contribution in [2.24, 2.45) is 5.10 Å². The number of furan rings is 1. The Labute approximate surface area is 269 Å². The fraction of sp³-hybridized carbons (Fsp3) is 0.0789. The maximum absolute atomic E-state index is 13.8. The number of ether oxygens (including phenoxy) is 2. The van der Waals surface area contributed by atoms with Gasteiger partial charge in [-0.3, -0.25) is 4.79 Å². The standard InChI is InChI=1S/C38H28ClN3O4/c1-3-9-26-18-24(19-34(44-2)36(26)45-23-27-12-8-11-25-10-4-5-13-30(25)27)22-40-42-37(41-32-15-7-6-14-31(32)38(42)43)35-21-28-20-29(39)16-17-33(28)46-35/h3-8,10-22H,1,9,23H2,2H3. The molecule has 0 aliphatic heterocycles. The van der Waals surface area contributed by atoms with Crippen molar-refractivity contribution in [1.29, 1.82) is 0 Å². The third kappa shape index (κ3) is 5.53. The third-order valence-corrected chi connectivity index (χ3v) is 8.00. The Kier molecular flexibility index (Phi) is 7.83. The number of methoxy groups -OCH3 is 1. The molecule has 0 amide bonds. The monoisotopic (exact) mass is 625 g/mol. The van der Waals surface area contributed by atoms with Crippen LogP contribution in [0.15, 0.2) is 130 Å². The molecular formula is C38H28ClN3O4. The summed E-state index contributed by atoms with van der Waals surface area (Å²) < 4.78 is 19.5. The lowest BCUT2D eigenvalue weighted by molar-refractivity contribution is 0.283. The van der Waals surface area contributed by atoms with Gasteiger partial charge in [0.15, 0.2) is 17.3 Å². The normalized spacial score (nSPS) is 11.5. The van der Waals surface area contributed by atoms with Crippen molar-refractivity contribution in [3.8, 4) is 23.1 Å². The average molecular weight is 626 g/mol. The SMILES string of the molecule is C=CCc1cc(C=Nn2c(-c3cc4cc(Cl)ccc4o3)nc3ccccc3c2=O)cc(OC)c1OCc1cccc2ccccc12. The van der Waals surface area contributed by atoms with E-state index in [1.54, 1.807) is 55.8 Å². The summed E-state index contributed by atoms with van der Waals surface area (Å²) in [6, 6.07) is 32.5. The smallest absolute Gasteiger partial charge is 0.282 e. The molecule has 7 rings (SSSR count). The molecule has 0 saturated heterocycles. The minimum absolute atomic E-state index is 0.264. The van der Waals surface area contributed by atoms with Crippen LogP contribution >= 0.6 is 11.6 Å². The molecule has 2 heterocycles. The molecule has 0 aliphatic carbocycles. The highest BCUT2D eigenvalue weighted by Crippen LogP contribution is 2.35. The quantitative estimate of drug-likeness (QED) is 0.118. The zero-order valence-corrected chi connectivity index (χ0v) is 25.7. The van der Waals surface area contributed by atoms with Crippen molar-refractivity contribution < 1.29 is 13.9 Å². The highest BCUT2D eigenvalue weighted by Gasteiger charge is 2.18. The maximum Gasteiger partial charge on any atom is 0.282 e. The molecule has 226 valence electrons. The third-order valence-electron chi connectivity index (χ3n) is 7.77. The van der Waals surface area contributed by atoms with Crippen LogP contribution in [0.4, 0.5) is 0 Å². The van der Waals surface area contributed by atoms with Gasteiger partial charge in [-0.2, -0.15) is 9.78 Å². The summed E-state index contributed by atoms with van der Waals surface area (Å²) in [5.41, 5.74) is 3.47. The molecule has 0 radical (unpaired) electrons. The van der Waals surface area contributed by atoms with E-state index in [1.165, 1.54) is 4.68 Å². The highest BCUT2D eigenvalue weighted by atomic mass is 35.5. The van der Waals surface area contributed by atoms with E-state index >= 15 is 0 Å². The Bertz CT molecular complexity index is 2350. The number of benzene rings is 5. The van der Waals surface area contributed by atoms with Crippen LogP contribution in [0.3, 0.4) is 0 Å². The molecule has 8 heteroatoms. The number of rotatable bonds is 9. The van der Waals surface area contributed by atoms with Crippen LogP contribution in [-0.4, -0.2) is 23.0 Å². The molecule has 0 aliphatic rings. The highest BCUT2D eigenvalue weighted by molar-refractivity contribution is 6.31. The summed E-state index contributed by atoms with van der Waals surface area (Å²) in [5, 5.41) is 8.72. The van der Waals surface area contributed by atoms with Gasteiger partial charge in [-0.25, -0.2) is 4.98 Å². The molecular weight excluding hydrogens is 598 g/mol. The minimum Gasteiger partial charge on any atom is -0.493 e. The van der Waals surface area contributed by atoms with E-state index in [1.807, 2.05) is 42.5 Å². The lowest BCUT2D eigenvalue weighted by atomic mass is 10.0. The number of halogens is 1. The van der Waals surface area contributed by atoms with Gasteiger partial charge in [0.25, 0.3) is 5.56 Å². The molecule has 0 atom stereocenters. The van der Waals surface area contributed by atoms with E-state index in [0.29, 0.717) is 57.4 Å². The van der Waals surface area contributed by atoms with Crippen LogP contribution in [-0.2, 0) is 13.0 Å². The Morgan fingerprint density at radius 2 is 1.72 bits per heavy atom. The predicted molar refractivity (Wildman–Crippen MR) is 184 cm³/mol. The number of allylic oxidation sites excluding steroid dienone is 1. The molecule has 0 spiro atoms. The second-order valence-electron chi connectivity index (χ2n) is 10.7. The number of aromatic nitrogens is 2. The van der Waals surface area contributed by atoms with E-state index in [-0.39, 0.29) is 11.4 Å². The summed E-state index contributed by atoms with van der Waals surface area (Å²) in [5.74, 6) is 1.82. The molecule has 46 heavy (non-hydrogen) atoms. The number of fused-ring (bicyclic) bond motifs is 3. The van der Waals surface area contributed by atoms with Crippen LogP contribution in [0.2, 0.25) is 5.02 Å². The van der Waals surface area contributed by atoms with Crippen LogP contribution < -0.4 is 15.0 Å². The van der Waals surface area contributed by atoms with Crippen molar-refractivity contribution in [2.75, 3.05) is 7.11 Å². The molecule has 0 bridgehead atoms. The summed E-state index contributed by atoms with van der Waals surface area (Å²) in [4.78, 5) is 18.5. The van der Waals surface area contributed by atoms with Crippen molar-refractivity contribution in [2.45, 2.75) is 13.0 Å². The molecule has 7 aromatic rings. The fourth-order valence-electron chi connectivity index (χ4n) is 5.59. The van der Waals surface area contributed by atoms with Gasteiger partial charge in [0.2, 0.25) is 5.82 Å². The molecule has 0 unspecified atom stereocenters. The number of nitrogens with zero attached hydrogens (tertiary/aromatic N) is 3. The van der Waals surface area contributed by atoms with Gasteiger partial charge in [-0.05, 0) is 76.9 Å². The predicted octanol–water partition coefficient (Wildman–Crippen LogP) is 8.81. The van der Waals surface area contributed by atoms with Crippen molar-refractivity contribution in [1.82, 2.24) is 9.66 Å². The average Bonchev–Trinajstić information content (AvgIpc) is 3.50. The Morgan fingerprint density at radius 3 is 2.57 bits per heavy atom. The van der Waals surface area contributed by atoms with Gasteiger partial charge in [0.1, 0.15) is 12.2 Å². The lowest BCUT2D eigenvalue weighted by Gasteiger charge is -2.16. The van der Waals surface area contributed by atoms with E-state index in [2.05, 4.69) is 35.9 Å². The minimum atomic E-state index is -0.330. The van der Waals surface area contributed by atoms with E-state index in [4.69, 9.17) is 30.5 Å². The van der Waals surface area contributed by atoms with Gasteiger partial charge < -0.3 is 13.9 Å². The Morgan fingerprint density at radius 1 is 0.913 bits per heavy atom. The number of hydrogen-bond donors (Lipinski definition) is 0. The second kappa shape index (κ2) is 12.4. The van der Waals surface area contributed by atoms with Crippen molar-refractivity contribution in [3.05, 3.63) is 148 Å². The van der Waals surface area contributed by atoms with Gasteiger partial charge >= 0.3 is 0 Å². The first-order valence-electron chi connectivity index (χ1n) is 14.7. The van der Waals surface area contributed by atoms with E-state index in [0.717, 1.165) is 27.3 Å². The summed E-state index contributed by atoms with van der Waals surface area (Å²) in [6.45, 7) is 4.30. The largest absolute Gasteiger partial charge is 0.493 e. The first-order chi connectivity index (χ1) is 22.5. The van der Waals surface area contributed by atoms with Crippen LogP contribution in [0.5, 0.6) is 11.5 Å². The van der Waals surface area contributed by atoms with Gasteiger partial charge in [0.05, 0.1) is 24.2 Å². The van der Waals surface area contributed by atoms with Crippen LogP contribution in [0.1, 0.15) is 16.7 Å². The van der Waals surface area contributed by atoms with Crippen molar-refractivity contribution in [3.63, 3.8) is 0 Å².